The van der Waals surface area contributed by atoms with Crippen molar-refractivity contribution in [2.24, 2.45) is 0 Å². The van der Waals surface area contributed by atoms with Crippen LogP contribution < -0.4 is 9.46 Å². The Morgan fingerprint density at radius 1 is 1.07 bits per heavy atom. The third-order valence-corrected chi connectivity index (χ3v) is 6.12. The van der Waals surface area contributed by atoms with Crippen molar-refractivity contribution >= 4 is 15.7 Å². The molecule has 1 N–H and O–H groups in total. The van der Waals surface area contributed by atoms with Crippen molar-refractivity contribution in [1.82, 2.24) is 9.55 Å². The number of rotatable bonds is 5. The Hall–Kier alpha value is -2.80. The summed E-state index contributed by atoms with van der Waals surface area (Å²) < 4.78 is 35.9. The number of nitrogens with zero attached hydrogens (tertiary/aromatic N) is 2. The van der Waals surface area contributed by atoms with Gasteiger partial charge in [-0.05, 0) is 31.0 Å². The lowest BCUT2D eigenvalue weighted by atomic mass is 10.1. The Bertz CT molecular complexity index is 1050. The maximum Gasteiger partial charge on any atom is 0.265 e. The number of anilines is 1. The molecule has 0 radical (unpaired) electrons. The van der Waals surface area contributed by atoms with Crippen LogP contribution in [0.3, 0.4) is 0 Å². The molecule has 6 nitrogen and oxygen atoms in total. The van der Waals surface area contributed by atoms with Gasteiger partial charge in [-0.25, -0.2) is 13.4 Å². The number of benzene rings is 2. The third-order valence-electron chi connectivity index (χ3n) is 4.71. The number of ether oxygens (including phenoxy) is 1. The molecule has 0 atom stereocenters. The summed E-state index contributed by atoms with van der Waals surface area (Å²) in [6.45, 7) is 0.956. The van der Waals surface area contributed by atoms with E-state index in [1.165, 1.54) is 13.2 Å². The number of nitrogens with one attached hydrogen (secondary N) is 1. The second-order valence-electron chi connectivity index (χ2n) is 6.49. The van der Waals surface area contributed by atoms with Gasteiger partial charge >= 0.3 is 0 Å². The summed E-state index contributed by atoms with van der Waals surface area (Å²) in [5.41, 5.74) is 2.04. The summed E-state index contributed by atoms with van der Waals surface area (Å²) in [6, 6.07) is 13.9. The lowest BCUT2D eigenvalue weighted by Crippen LogP contribution is -2.14. The highest BCUT2D eigenvalue weighted by atomic mass is 32.2. The number of imidazole rings is 1. The topological polar surface area (TPSA) is 73.2 Å². The fourth-order valence-electron chi connectivity index (χ4n) is 3.38. The van der Waals surface area contributed by atoms with E-state index >= 15 is 0 Å². The van der Waals surface area contributed by atoms with Gasteiger partial charge in [0.05, 0.1) is 18.5 Å². The number of para-hydroxylation sites is 2. The van der Waals surface area contributed by atoms with Gasteiger partial charge in [0.2, 0.25) is 0 Å². The van der Waals surface area contributed by atoms with Gasteiger partial charge in [-0.3, -0.25) is 4.72 Å². The lowest BCUT2D eigenvalue weighted by molar-refractivity contribution is 0.403. The molecule has 0 amide bonds. The predicted molar refractivity (Wildman–Crippen MR) is 104 cm³/mol. The number of hydrogen-bond acceptors (Lipinski definition) is 4. The van der Waals surface area contributed by atoms with Crippen LogP contribution in [0.5, 0.6) is 5.75 Å². The van der Waals surface area contributed by atoms with Crippen molar-refractivity contribution < 1.29 is 13.2 Å². The minimum absolute atomic E-state index is 0.103. The summed E-state index contributed by atoms with van der Waals surface area (Å²) in [7, 11) is -2.34. The molecule has 4 rings (SSSR count). The van der Waals surface area contributed by atoms with Gasteiger partial charge in [0.25, 0.3) is 10.0 Å². The molecule has 3 aromatic rings. The first-order valence-corrected chi connectivity index (χ1v) is 10.4. The first kappa shape index (κ1) is 17.6. The molecule has 1 aliphatic heterocycles. The van der Waals surface area contributed by atoms with Crippen LogP contribution in [0.4, 0.5) is 5.69 Å². The summed E-state index contributed by atoms with van der Waals surface area (Å²) in [6.07, 6.45) is 5.24. The highest BCUT2D eigenvalue weighted by Gasteiger charge is 2.22. The molecule has 2 heterocycles. The van der Waals surface area contributed by atoms with Crippen LogP contribution in [0.2, 0.25) is 0 Å². The molecule has 0 saturated heterocycles. The number of sulfonamides is 1. The van der Waals surface area contributed by atoms with E-state index in [1.54, 1.807) is 30.3 Å². The molecule has 27 heavy (non-hydrogen) atoms. The highest BCUT2D eigenvalue weighted by Crippen LogP contribution is 2.32. The highest BCUT2D eigenvalue weighted by molar-refractivity contribution is 7.92. The summed E-state index contributed by atoms with van der Waals surface area (Å²) in [5.74, 6) is 1.36. The standard InChI is InChI=1S/C20H21N3O3S/c1-26-18-10-4-5-11-19(18)27(24,25)22-16-9-3-2-8-15(16)17-14-23-13-7-6-12-20(23)21-17/h2-5,8-11,14,22H,6-7,12-13H2,1H3. The normalized spacial score (nSPS) is 13.8. The molecule has 0 fully saturated rings. The molecular formula is C20H21N3O3S. The van der Waals surface area contributed by atoms with Crippen molar-refractivity contribution in [3.8, 4) is 17.0 Å². The Balaban J connectivity index is 1.72. The number of aromatic nitrogens is 2. The number of aryl methyl sites for hydroxylation is 2. The van der Waals surface area contributed by atoms with E-state index in [1.807, 2.05) is 18.3 Å². The Morgan fingerprint density at radius 2 is 1.85 bits per heavy atom. The molecule has 0 spiro atoms. The quantitative estimate of drug-likeness (QED) is 0.729. The molecular weight excluding hydrogens is 362 g/mol. The van der Waals surface area contributed by atoms with E-state index in [0.29, 0.717) is 11.4 Å². The number of fused-ring (bicyclic) bond motifs is 1. The SMILES string of the molecule is COc1ccccc1S(=O)(=O)Nc1ccccc1-c1cn2c(n1)CCCC2. The maximum absolute atomic E-state index is 12.9. The van der Waals surface area contributed by atoms with Crippen LogP contribution in [0.15, 0.2) is 59.6 Å². The average molecular weight is 383 g/mol. The third kappa shape index (κ3) is 3.42. The van der Waals surface area contributed by atoms with Crippen LogP contribution in [-0.4, -0.2) is 25.1 Å². The van der Waals surface area contributed by atoms with Crippen molar-refractivity contribution in [2.45, 2.75) is 30.7 Å². The van der Waals surface area contributed by atoms with Crippen molar-refractivity contribution in [1.29, 1.82) is 0 Å². The Morgan fingerprint density at radius 3 is 2.67 bits per heavy atom. The molecule has 2 aromatic carbocycles. The van der Waals surface area contributed by atoms with Crippen LogP contribution >= 0.6 is 0 Å². The molecule has 0 bridgehead atoms. The zero-order valence-electron chi connectivity index (χ0n) is 15.1. The van der Waals surface area contributed by atoms with Crippen molar-refractivity contribution in [3.05, 3.63) is 60.6 Å². The van der Waals surface area contributed by atoms with Crippen LogP contribution in [0.1, 0.15) is 18.7 Å². The summed E-state index contributed by atoms with van der Waals surface area (Å²) in [4.78, 5) is 4.82. The summed E-state index contributed by atoms with van der Waals surface area (Å²) in [5, 5.41) is 0. The summed E-state index contributed by atoms with van der Waals surface area (Å²) >= 11 is 0. The van der Waals surface area contributed by atoms with Gasteiger partial charge in [0, 0.05) is 24.7 Å². The largest absolute Gasteiger partial charge is 0.495 e. The fourth-order valence-corrected chi connectivity index (χ4v) is 4.63. The molecule has 0 aliphatic carbocycles. The maximum atomic E-state index is 12.9. The van der Waals surface area contributed by atoms with Gasteiger partial charge in [-0.15, -0.1) is 0 Å². The van der Waals surface area contributed by atoms with E-state index < -0.39 is 10.0 Å². The zero-order valence-corrected chi connectivity index (χ0v) is 15.9. The lowest BCUT2D eigenvalue weighted by Gasteiger charge is -2.13. The smallest absolute Gasteiger partial charge is 0.265 e. The van der Waals surface area contributed by atoms with E-state index in [-0.39, 0.29) is 4.90 Å². The molecule has 0 unspecified atom stereocenters. The van der Waals surface area contributed by atoms with Crippen molar-refractivity contribution in [2.75, 3.05) is 11.8 Å². The van der Waals surface area contributed by atoms with Gasteiger partial charge in [0.15, 0.2) is 0 Å². The first-order valence-electron chi connectivity index (χ1n) is 8.90. The second-order valence-corrected chi connectivity index (χ2v) is 8.15. The van der Waals surface area contributed by atoms with Gasteiger partial charge < -0.3 is 9.30 Å². The fraction of sp³-hybridized carbons (Fsp3) is 0.250. The number of hydrogen-bond donors (Lipinski definition) is 1. The molecule has 140 valence electrons. The van der Waals surface area contributed by atoms with E-state index in [4.69, 9.17) is 9.72 Å². The Labute approximate surface area is 158 Å². The predicted octanol–water partition coefficient (Wildman–Crippen LogP) is 3.70. The molecule has 1 aliphatic rings. The van der Waals surface area contributed by atoms with E-state index in [0.717, 1.165) is 42.9 Å². The molecule has 1 aromatic heterocycles. The van der Waals surface area contributed by atoms with Crippen LogP contribution in [0, 0.1) is 0 Å². The zero-order chi connectivity index (χ0) is 18.9. The molecule has 7 heteroatoms. The van der Waals surface area contributed by atoms with Gasteiger partial charge in [-0.1, -0.05) is 30.3 Å². The van der Waals surface area contributed by atoms with E-state index in [9.17, 15) is 8.42 Å². The van der Waals surface area contributed by atoms with Gasteiger partial charge in [0.1, 0.15) is 16.5 Å². The minimum atomic E-state index is -3.80. The molecule has 0 saturated carbocycles. The van der Waals surface area contributed by atoms with Crippen LogP contribution in [-0.2, 0) is 23.0 Å². The van der Waals surface area contributed by atoms with Crippen molar-refractivity contribution in [3.63, 3.8) is 0 Å². The first-order chi connectivity index (χ1) is 13.1. The monoisotopic (exact) mass is 383 g/mol. The average Bonchev–Trinajstić information content (AvgIpc) is 3.12. The van der Waals surface area contributed by atoms with E-state index in [2.05, 4.69) is 9.29 Å². The second kappa shape index (κ2) is 7.08. The Kier molecular flexibility index (Phi) is 4.61. The number of methoxy groups -OCH3 is 1. The van der Waals surface area contributed by atoms with Crippen LogP contribution in [0.25, 0.3) is 11.3 Å². The van der Waals surface area contributed by atoms with Gasteiger partial charge in [-0.2, -0.15) is 0 Å². The minimum Gasteiger partial charge on any atom is -0.495 e.